The second-order valence-electron chi connectivity index (χ2n) is 9.72. The Labute approximate surface area is 252 Å². The van der Waals surface area contributed by atoms with E-state index >= 15 is 0 Å². The number of carbonyl (C=O) groups excluding carboxylic acids is 3. The maximum atomic E-state index is 12.6. The molecule has 0 radical (unpaired) electrons. The molecule has 0 aliphatic carbocycles. The van der Waals surface area contributed by atoms with Crippen LogP contribution in [0.15, 0.2) is 64.9 Å². The summed E-state index contributed by atoms with van der Waals surface area (Å²) in [6.45, 7) is 6.81. The number of nitro groups is 1. The third-order valence-corrected chi connectivity index (χ3v) is 6.81. The minimum Gasteiger partial charge on any atom is -0.493 e. The molecule has 1 atom stereocenters. The lowest BCUT2D eigenvalue weighted by Crippen LogP contribution is -2.45. The number of ether oxygens (including phenoxy) is 3. The predicted octanol–water partition coefficient (Wildman–Crippen LogP) is 3.73. The number of aryl methyl sites for hydroxylation is 1. The largest absolute Gasteiger partial charge is 0.493 e. The number of hydrazone groups is 1. The molecule has 44 heavy (non-hydrogen) atoms. The first-order valence-electron chi connectivity index (χ1n) is 13.6. The molecule has 1 aromatic heterocycles. The molecule has 1 aliphatic rings. The zero-order chi connectivity index (χ0) is 32.0. The molecule has 4 rings (SSSR count). The summed E-state index contributed by atoms with van der Waals surface area (Å²) in [5, 5.41) is 20.5. The molecular formula is C30H32N6O8. The number of nitro benzene ring substituents is 1. The van der Waals surface area contributed by atoms with Crippen molar-refractivity contribution >= 4 is 29.8 Å². The van der Waals surface area contributed by atoms with Crippen molar-refractivity contribution in [3.63, 3.8) is 0 Å². The average Bonchev–Trinajstić information content (AvgIpc) is 3.27. The molecule has 1 aliphatic heterocycles. The van der Waals surface area contributed by atoms with E-state index in [9.17, 15) is 24.5 Å². The average molecular weight is 605 g/mol. The van der Waals surface area contributed by atoms with E-state index in [1.54, 1.807) is 44.2 Å². The number of carbonyl (C=O) groups is 3. The number of allylic oxidation sites excluding steroid dienone is 1. The number of nitrogens with zero attached hydrogens (tertiary/aromatic N) is 3. The van der Waals surface area contributed by atoms with Gasteiger partial charge in [-0.1, -0.05) is 12.1 Å². The van der Waals surface area contributed by atoms with E-state index in [4.69, 9.17) is 14.2 Å². The van der Waals surface area contributed by atoms with Crippen LogP contribution in [0, 0.1) is 24.0 Å². The molecule has 2 aromatic carbocycles. The summed E-state index contributed by atoms with van der Waals surface area (Å²) in [5.41, 5.74) is 6.53. The molecule has 0 saturated heterocycles. The fourth-order valence-electron chi connectivity index (χ4n) is 4.82. The van der Waals surface area contributed by atoms with Gasteiger partial charge in [-0.15, -0.1) is 0 Å². The molecule has 2 heterocycles. The number of esters is 1. The lowest BCUT2D eigenvalue weighted by molar-refractivity contribution is -0.384. The van der Waals surface area contributed by atoms with Gasteiger partial charge in [-0.3, -0.25) is 14.9 Å². The molecule has 0 saturated carbocycles. The Hall–Kier alpha value is -5.66. The van der Waals surface area contributed by atoms with E-state index in [2.05, 4.69) is 21.2 Å². The van der Waals surface area contributed by atoms with Crippen molar-refractivity contribution in [1.82, 2.24) is 20.6 Å². The summed E-state index contributed by atoms with van der Waals surface area (Å²) in [6.07, 6.45) is 1.48. The molecule has 3 aromatic rings. The third kappa shape index (κ3) is 6.86. The highest BCUT2D eigenvalue weighted by atomic mass is 16.6. The number of nitrogens with one attached hydrogen (secondary N) is 3. The van der Waals surface area contributed by atoms with Crippen molar-refractivity contribution < 1.29 is 33.5 Å². The molecule has 3 N–H and O–H groups in total. The monoisotopic (exact) mass is 604 g/mol. The van der Waals surface area contributed by atoms with Crippen molar-refractivity contribution in [3.8, 4) is 17.2 Å². The normalized spacial score (nSPS) is 14.6. The predicted molar refractivity (Wildman–Crippen MR) is 160 cm³/mol. The van der Waals surface area contributed by atoms with Crippen LogP contribution in [-0.4, -0.2) is 53.9 Å². The quantitative estimate of drug-likeness (QED) is 0.128. The zero-order valence-corrected chi connectivity index (χ0v) is 24.8. The van der Waals surface area contributed by atoms with E-state index in [0.717, 1.165) is 11.4 Å². The second-order valence-corrected chi connectivity index (χ2v) is 9.72. The third-order valence-electron chi connectivity index (χ3n) is 6.81. The van der Waals surface area contributed by atoms with Gasteiger partial charge in [0.2, 0.25) is 0 Å². The molecule has 14 heteroatoms. The maximum Gasteiger partial charge on any atom is 0.338 e. The summed E-state index contributed by atoms with van der Waals surface area (Å²) < 4.78 is 18.1. The molecule has 0 unspecified atom stereocenters. The Bertz CT molecular complexity index is 1680. The van der Waals surface area contributed by atoms with Gasteiger partial charge >= 0.3 is 12.0 Å². The van der Waals surface area contributed by atoms with Crippen LogP contribution < -0.4 is 25.5 Å². The smallest absolute Gasteiger partial charge is 0.338 e. The molecule has 3 amide bonds. The van der Waals surface area contributed by atoms with Crippen LogP contribution in [0.3, 0.4) is 0 Å². The number of methoxy groups -OCH3 is 1. The van der Waals surface area contributed by atoms with Crippen molar-refractivity contribution in [3.05, 3.63) is 92.4 Å². The number of urea groups is 1. The fraction of sp³-hybridized carbons (Fsp3) is 0.267. The van der Waals surface area contributed by atoms with Crippen LogP contribution >= 0.6 is 0 Å². The van der Waals surface area contributed by atoms with Crippen molar-refractivity contribution in [2.75, 3.05) is 20.3 Å². The van der Waals surface area contributed by atoms with Crippen LogP contribution in [0.25, 0.3) is 5.69 Å². The highest BCUT2D eigenvalue weighted by molar-refractivity contribution is 5.95. The number of non-ortho nitro benzene ring substituents is 1. The van der Waals surface area contributed by atoms with Crippen molar-refractivity contribution in [1.29, 1.82) is 0 Å². The zero-order valence-electron chi connectivity index (χ0n) is 24.8. The summed E-state index contributed by atoms with van der Waals surface area (Å²) >= 11 is 0. The van der Waals surface area contributed by atoms with Gasteiger partial charge < -0.3 is 29.4 Å². The summed E-state index contributed by atoms with van der Waals surface area (Å²) in [5.74, 6) is -0.561. The first-order chi connectivity index (χ1) is 21.0. The summed E-state index contributed by atoms with van der Waals surface area (Å²) in [7, 11) is 1.43. The Morgan fingerprint density at radius 1 is 1.14 bits per heavy atom. The maximum absolute atomic E-state index is 12.6. The topological polar surface area (TPSA) is 175 Å². The van der Waals surface area contributed by atoms with E-state index in [0.29, 0.717) is 22.5 Å². The highest BCUT2D eigenvalue weighted by Gasteiger charge is 2.32. The highest BCUT2D eigenvalue weighted by Crippen LogP contribution is 2.34. The second kappa shape index (κ2) is 13.5. The number of aromatic nitrogens is 1. The van der Waals surface area contributed by atoms with Gasteiger partial charge in [-0.05, 0) is 57.5 Å². The SMILES string of the molecule is CCOC(=O)C1=C(C)NC(=O)N[C@@H]1c1ccc(OCC(=O)N/N=C\c2cc(C)n(-c3cccc([N+](=O)[O-])c3)c2C)c(OC)c1. The van der Waals surface area contributed by atoms with E-state index in [1.807, 2.05) is 24.5 Å². The molecule has 230 valence electrons. The van der Waals surface area contributed by atoms with E-state index in [-0.39, 0.29) is 36.0 Å². The number of hydrogen-bond acceptors (Lipinski definition) is 9. The van der Waals surface area contributed by atoms with Crippen molar-refractivity contribution in [2.24, 2.45) is 5.10 Å². The van der Waals surface area contributed by atoms with Gasteiger partial charge in [0.25, 0.3) is 11.6 Å². The molecule has 0 fully saturated rings. The van der Waals surface area contributed by atoms with Gasteiger partial charge in [0.05, 0.1) is 42.2 Å². The van der Waals surface area contributed by atoms with E-state index in [1.165, 1.54) is 25.5 Å². The number of amides is 3. The molecular weight excluding hydrogens is 572 g/mol. The van der Waals surface area contributed by atoms with Gasteiger partial charge in [0.15, 0.2) is 18.1 Å². The lowest BCUT2D eigenvalue weighted by Gasteiger charge is -2.28. The molecule has 0 spiro atoms. The van der Waals surface area contributed by atoms with Crippen LogP contribution in [0.1, 0.15) is 42.4 Å². The van der Waals surface area contributed by atoms with Gasteiger partial charge in [-0.25, -0.2) is 15.0 Å². The van der Waals surface area contributed by atoms with Crippen LogP contribution in [0.4, 0.5) is 10.5 Å². The standard InChI is InChI=1S/C30H32N6O8/c1-6-43-29(38)27-18(3)32-30(39)33-28(27)20-10-11-24(25(13-20)42-5)44-16-26(37)34-31-15-21-12-17(2)35(19(21)4)22-8-7-9-23(14-22)36(40)41/h7-15,28H,6,16H2,1-5H3,(H,34,37)(H2,32,33,39)/b31-15-/t28-/m1/s1. The van der Waals surface area contributed by atoms with Crippen LogP contribution in [-0.2, 0) is 14.3 Å². The Morgan fingerprint density at radius 3 is 2.61 bits per heavy atom. The van der Waals surface area contributed by atoms with E-state index < -0.39 is 28.9 Å². The minimum absolute atomic E-state index is 0.0184. The van der Waals surface area contributed by atoms with Gasteiger partial charge in [0.1, 0.15) is 0 Å². The number of hydrogen-bond donors (Lipinski definition) is 3. The fourth-order valence-corrected chi connectivity index (χ4v) is 4.82. The van der Waals surface area contributed by atoms with Gasteiger partial charge in [-0.2, -0.15) is 5.10 Å². The number of rotatable bonds is 11. The summed E-state index contributed by atoms with van der Waals surface area (Å²) in [4.78, 5) is 48.0. The Balaban J connectivity index is 1.42. The lowest BCUT2D eigenvalue weighted by atomic mass is 9.95. The first-order valence-corrected chi connectivity index (χ1v) is 13.6. The number of benzene rings is 2. The minimum atomic E-state index is -0.789. The molecule has 14 nitrogen and oxygen atoms in total. The summed E-state index contributed by atoms with van der Waals surface area (Å²) in [6, 6.07) is 11.7. The van der Waals surface area contributed by atoms with Crippen molar-refractivity contribution in [2.45, 2.75) is 33.7 Å². The Kier molecular flexibility index (Phi) is 9.63. The van der Waals surface area contributed by atoms with Crippen LogP contribution in [0.5, 0.6) is 11.5 Å². The molecule has 0 bridgehead atoms. The Morgan fingerprint density at radius 2 is 1.91 bits per heavy atom. The first kappa shape index (κ1) is 31.3. The van der Waals surface area contributed by atoms with Gasteiger partial charge in [0, 0.05) is 34.8 Å². The van der Waals surface area contributed by atoms with Crippen LogP contribution in [0.2, 0.25) is 0 Å².